The maximum atomic E-state index is 12.0. The molecule has 0 bridgehead atoms. The highest BCUT2D eigenvalue weighted by atomic mass is 16.5. The van der Waals surface area contributed by atoms with Crippen LogP contribution < -0.4 is 10.4 Å². The third-order valence-electron chi connectivity index (χ3n) is 3.43. The predicted molar refractivity (Wildman–Crippen MR) is 84.5 cm³/mol. The first-order chi connectivity index (χ1) is 11.5. The van der Waals surface area contributed by atoms with E-state index in [0.717, 1.165) is 14.9 Å². The SMILES string of the molecule is [3H]c1ccc(OCc2c(C=C)coc2-n2nnn(C)c2=O)c(C)c1. The number of ether oxygens (including phenoxy) is 1. The smallest absolute Gasteiger partial charge is 0.370 e. The summed E-state index contributed by atoms with van der Waals surface area (Å²) in [6.45, 7) is 5.77. The summed E-state index contributed by atoms with van der Waals surface area (Å²) in [6, 6.07) is 5.52. The van der Waals surface area contributed by atoms with Crippen LogP contribution in [0.2, 0.25) is 0 Å². The van der Waals surface area contributed by atoms with Crippen molar-refractivity contribution in [3.63, 3.8) is 0 Å². The fourth-order valence-electron chi connectivity index (χ4n) is 2.13. The van der Waals surface area contributed by atoms with Crippen LogP contribution in [0.1, 0.15) is 18.1 Å². The number of rotatable bonds is 5. The zero-order valence-electron chi connectivity index (χ0n) is 13.8. The summed E-state index contributed by atoms with van der Waals surface area (Å²) >= 11 is 0. The quantitative estimate of drug-likeness (QED) is 0.721. The van der Waals surface area contributed by atoms with Crippen LogP contribution in [0.4, 0.5) is 0 Å². The molecule has 7 heteroatoms. The second kappa shape index (κ2) is 5.96. The van der Waals surface area contributed by atoms with Crippen LogP contribution in [0, 0.1) is 6.92 Å². The molecule has 0 atom stereocenters. The van der Waals surface area contributed by atoms with Gasteiger partial charge in [-0.1, -0.05) is 30.8 Å². The molecule has 1 aromatic carbocycles. The van der Waals surface area contributed by atoms with Crippen LogP contribution in [-0.2, 0) is 13.7 Å². The Bertz CT molecular complexity index is 955. The molecule has 0 aliphatic carbocycles. The average molecular weight is 314 g/mol. The summed E-state index contributed by atoms with van der Waals surface area (Å²) in [5.74, 6) is 0.900. The van der Waals surface area contributed by atoms with E-state index in [1.54, 1.807) is 24.3 Å². The summed E-state index contributed by atoms with van der Waals surface area (Å²) in [5.41, 5.74) is 1.78. The minimum atomic E-state index is -0.420. The van der Waals surface area contributed by atoms with E-state index in [2.05, 4.69) is 17.0 Å². The zero-order chi connectivity index (χ0) is 17.3. The molecule has 0 aliphatic rings. The molecule has 0 saturated carbocycles. The standard InChI is InChI=1S/C16H16N4O3/c1-4-12-9-23-15(20-16(21)19(3)17-18-20)13(12)10-22-14-8-6-5-7-11(14)2/h4-9H,1,10H2,2-3H3/i5T. The lowest BCUT2D eigenvalue weighted by atomic mass is 10.2. The van der Waals surface area contributed by atoms with Crippen molar-refractivity contribution in [1.29, 1.82) is 0 Å². The van der Waals surface area contributed by atoms with Gasteiger partial charge in [-0.2, -0.15) is 4.68 Å². The van der Waals surface area contributed by atoms with E-state index in [0.29, 0.717) is 22.9 Å². The molecule has 7 nitrogen and oxygen atoms in total. The van der Waals surface area contributed by atoms with Crippen LogP contribution in [0.3, 0.4) is 0 Å². The van der Waals surface area contributed by atoms with Gasteiger partial charge in [-0.3, -0.25) is 0 Å². The third kappa shape index (κ3) is 2.68. The van der Waals surface area contributed by atoms with Gasteiger partial charge in [-0.25, -0.2) is 4.79 Å². The highest BCUT2D eigenvalue weighted by molar-refractivity contribution is 5.55. The van der Waals surface area contributed by atoms with E-state index in [1.807, 2.05) is 6.92 Å². The third-order valence-corrected chi connectivity index (χ3v) is 3.43. The minimum Gasteiger partial charge on any atom is -0.488 e. The Morgan fingerprint density at radius 1 is 1.48 bits per heavy atom. The molecule has 2 aromatic heterocycles. The van der Waals surface area contributed by atoms with Crippen molar-refractivity contribution in [3.05, 3.63) is 64.3 Å². The number of hydrogen-bond acceptors (Lipinski definition) is 5. The number of hydrogen-bond donors (Lipinski definition) is 0. The summed E-state index contributed by atoms with van der Waals surface area (Å²) in [6.07, 6.45) is 3.11. The van der Waals surface area contributed by atoms with Gasteiger partial charge >= 0.3 is 5.69 Å². The maximum Gasteiger partial charge on any atom is 0.370 e. The van der Waals surface area contributed by atoms with Crippen molar-refractivity contribution in [2.24, 2.45) is 7.05 Å². The lowest BCUT2D eigenvalue weighted by molar-refractivity contribution is 0.301. The van der Waals surface area contributed by atoms with E-state index in [4.69, 9.17) is 10.5 Å². The van der Waals surface area contributed by atoms with Crippen molar-refractivity contribution in [2.75, 3.05) is 0 Å². The first-order valence-electron chi connectivity index (χ1n) is 7.43. The highest BCUT2D eigenvalue weighted by Gasteiger charge is 2.19. The molecular weight excluding hydrogens is 296 g/mol. The van der Waals surface area contributed by atoms with Crippen molar-refractivity contribution < 1.29 is 10.5 Å². The second-order valence-corrected chi connectivity index (χ2v) is 4.96. The van der Waals surface area contributed by atoms with Gasteiger partial charge in [-0.05, 0) is 29.0 Å². The van der Waals surface area contributed by atoms with Gasteiger partial charge in [-0.15, -0.1) is 4.68 Å². The van der Waals surface area contributed by atoms with Crippen molar-refractivity contribution in [1.82, 2.24) is 19.8 Å². The largest absolute Gasteiger partial charge is 0.488 e. The molecule has 0 saturated heterocycles. The lowest BCUT2D eigenvalue weighted by Crippen LogP contribution is -2.22. The molecule has 0 aliphatic heterocycles. The number of aryl methyl sites for hydroxylation is 2. The second-order valence-electron chi connectivity index (χ2n) is 4.96. The number of aromatic nitrogens is 4. The van der Waals surface area contributed by atoms with E-state index in [-0.39, 0.29) is 12.5 Å². The Morgan fingerprint density at radius 3 is 2.96 bits per heavy atom. The number of furan rings is 1. The van der Waals surface area contributed by atoms with Crippen LogP contribution in [0.25, 0.3) is 12.0 Å². The average Bonchev–Trinajstić information content (AvgIpc) is 3.10. The first kappa shape index (κ1) is 13.6. The van der Waals surface area contributed by atoms with Gasteiger partial charge in [0.1, 0.15) is 18.6 Å². The van der Waals surface area contributed by atoms with Gasteiger partial charge in [0.25, 0.3) is 0 Å². The van der Waals surface area contributed by atoms with Gasteiger partial charge < -0.3 is 9.15 Å². The molecule has 3 aromatic rings. The van der Waals surface area contributed by atoms with Gasteiger partial charge in [0.15, 0.2) is 0 Å². The zero-order valence-corrected chi connectivity index (χ0v) is 12.8. The summed E-state index contributed by atoms with van der Waals surface area (Å²) < 4.78 is 21.1. The Balaban J connectivity index is 1.95. The molecule has 3 rings (SSSR count). The monoisotopic (exact) mass is 314 g/mol. The van der Waals surface area contributed by atoms with Crippen molar-refractivity contribution in [3.8, 4) is 11.6 Å². The molecule has 2 heterocycles. The molecule has 0 radical (unpaired) electrons. The molecule has 23 heavy (non-hydrogen) atoms. The summed E-state index contributed by atoms with van der Waals surface area (Å²) in [7, 11) is 1.51. The maximum absolute atomic E-state index is 12.0. The van der Waals surface area contributed by atoms with E-state index < -0.39 is 5.69 Å². The van der Waals surface area contributed by atoms with Gasteiger partial charge in [0.2, 0.25) is 5.88 Å². The van der Waals surface area contributed by atoms with Gasteiger partial charge in [0, 0.05) is 12.6 Å². The number of benzene rings is 1. The molecule has 0 amide bonds. The van der Waals surface area contributed by atoms with Crippen LogP contribution in [-0.4, -0.2) is 19.8 Å². The van der Waals surface area contributed by atoms with Crippen LogP contribution >= 0.6 is 0 Å². The Hall–Kier alpha value is -3.09. The highest BCUT2D eigenvalue weighted by Crippen LogP contribution is 2.24. The van der Waals surface area contributed by atoms with E-state index >= 15 is 0 Å². The normalized spacial score (nSPS) is 11.3. The van der Waals surface area contributed by atoms with Crippen LogP contribution in [0.15, 0.2) is 46.3 Å². The molecule has 118 valence electrons. The molecular formula is C16H16N4O3. The minimum absolute atomic E-state index is 0.161. The number of tetrazole rings is 1. The number of para-hydroxylation sites is 1. The summed E-state index contributed by atoms with van der Waals surface area (Å²) in [4.78, 5) is 12.0. The topological polar surface area (TPSA) is 75.1 Å². The Morgan fingerprint density at radius 2 is 2.30 bits per heavy atom. The Kier molecular flexibility index (Phi) is 3.51. The fourth-order valence-corrected chi connectivity index (χ4v) is 2.13. The molecule has 0 spiro atoms. The van der Waals surface area contributed by atoms with Crippen LogP contribution in [0.5, 0.6) is 5.75 Å². The van der Waals surface area contributed by atoms with E-state index in [9.17, 15) is 4.79 Å². The molecule has 0 fully saturated rings. The number of nitrogens with zero attached hydrogens (tertiary/aromatic N) is 4. The molecule has 0 N–H and O–H groups in total. The first-order valence-corrected chi connectivity index (χ1v) is 6.93. The van der Waals surface area contributed by atoms with E-state index in [1.165, 1.54) is 13.3 Å². The lowest BCUT2D eigenvalue weighted by Gasteiger charge is -2.09. The van der Waals surface area contributed by atoms with Crippen molar-refractivity contribution >= 4 is 6.08 Å². The Labute approximate surface area is 133 Å². The van der Waals surface area contributed by atoms with Crippen molar-refractivity contribution in [2.45, 2.75) is 13.5 Å². The van der Waals surface area contributed by atoms with Gasteiger partial charge in [0.05, 0.1) is 6.93 Å². The summed E-state index contributed by atoms with van der Waals surface area (Å²) in [5, 5.41) is 7.47. The molecule has 0 unspecified atom stereocenters. The fraction of sp³-hybridized carbons (Fsp3) is 0.188. The predicted octanol–water partition coefficient (Wildman–Crippen LogP) is 2.09.